The maximum Gasteiger partial charge on any atom is 0.253 e. The Kier molecular flexibility index (Phi) is 5.47. The molecule has 1 aliphatic heterocycles. The maximum atomic E-state index is 13.0. The maximum absolute atomic E-state index is 13.0. The summed E-state index contributed by atoms with van der Waals surface area (Å²) >= 11 is 0. The lowest BCUT2D eigenvalue weighted by atomic mass is 10.0. The van der Waals surface area contributed by atoms with E-state index in [0.29, 0.717) is 19.7 Å². The van der Waals surface area contributed by atoms with Gasteiger partial charge in [0.05, 0.1) is 6.61 Å². The third-order valence-electron chi connectivity index (χ3n) is 5.73. The van der Waals surface area contributed by atoms with Crippen molar-refractivity contribution in [2.75, 3.05) is 19.7 Å². The third kappa shape index (κ3) is 3.95. The number of hydrogen-bond donors (Lipinski definition) is 1. The molecule has 1 aliphatic rings. The van der Waals surface area contributed by atoms with E-state index in [2.05, 4.69) is 18.8 Å². The smallest absolute Gasteiger partial charge is 0.253 e. The minimum absolute atomic E-state index is 0.0951. The number of piperidine rings is 1. The number of aryl methyl sites for hydroxylation is 2. The number of amides is 1. The second kappa shape index (κ2) is 8.19. The zero-order valence-electron chi connectivity index (χ0n) is 17.3. The second-order valence-electron chi connectivity index (χ2n) is 7.62. The molecule has 0 radical (unpaired) electrons. The van der Waals surface area contributed by atoms with Crippen molar-refractivity contribution in [1.82, 2.24) is 9.88 Å². The summed E-state index contributed by atoms with van der Waals surface area (Å²) in [6, 6.07) is 13.7. The van der Waals surface area contributed by atoms with Gasteiger partial charge in [0.15, 0.2) is 11.5 Å². The summed E-state index contributed by atoms with van der Waals surface area (Å²) in [4.78, 5) is 18.3. The minimum Gasteiger partial charge on any atom is -0.490 e. The van der Waals surface area contributed by atoms with Crippen LogP contribution in [-0.2, 0) is 0 Å². The van der Waals surface area contributed by atoms with Gasteiger partial charge in [-0.25, -0.2) is 0 Å². The number of rotatable bonds is 5. The lowest BCUT2D eigenvalue weighted by Crippen LogP contribution is -2.41. The van der Waals surface area contributed by atoms with Gasteiger partial charge < -0.3 is 19.4 Å². The van der Waals surface area contributed by atoms with Crippen molar-refractivity contribution in [3.8, 4) is 11.5 Å². The van der Waals surface area contributed by atoms with Crippen LogP contribution in [0.3, 0.4) is 0 Å². The number of nitrogens with zero attached hydrogens (tertiary/aromatic N) is 1. The highest BCUT2D eigenvalue weighted by Crippen LogP contribution is 2.30. The first-order valence-corrected chi connectivity index (χ1v) is 10.3. The molecule has 0 bridgehead atoms. The SMILES string of the molecule is CCOc1ccccc1OC1CCN(C(=O)c2ccc3[nH]c(C)c(C)c3c2)CC1. The molecule has 3 aromatic rings. The zero-order valence-corrected chi connectivity index (χ0v) is 17.3. The van der Waals surface area contributed by atoms with Crippen LogP contribution in [0.5, 0.6) is 11.5 Å². The van der Waals surface area contributed by atoms with Gasteiger partial charge in [0.2, 0.25) is 0 Å². The van der Waals surface area contributed by atoms with Crippen LogP contribution in [0.4, 0.5) is 0 Å². The highest BCUT2D eigenvalue weighted by molar-refractivity contribution is 5.99. The number of para-hydroxylation sites is 2. The van der Waals surface area contributed by atoms with Gasteiger partial charge >= 0.3 is 0 Å². The fourth-order valence-corrected chi connectivity index (χ4v) is 3.96. The second-order valence-corrected chi connectivity index (χ2v) is 7.62. The molecule has 5 heteroatoms. The van der Waals surface area contributed by atoms with Crippen LogP contribution in [-0.4, -0.2) is 41.6 Å². The molecular weight excluding hydrogens is 364 g/mol. The molecular formula is C24H28N2O3. The van der Waals surface area contributed by atoms with E-state index in [1.54, 1.807) is 0 Å². The number of likely N-dealkylation sites (tertiary alicyclic amines) is 1. The Hall–Kier alpha value is -2.95. The third-order valence-corrected chi connectivity index (χ3v) is 5.73. The van der Waals surface area contributed by atoms with E-state index in [4.69, 9.17) is 9.47 Å². The fraction of sp³-hybridized carbons (Fsp3) is 0.375. The monoisotopic (exact) mass is 392 g/mol. The van der Waals surface area contributed by atoms with E-state index in [9.17, 15) is 4.79 Å². The Labute approximate surface area is 171 Å². The number of fused-ring (bicyclic) bond motifs is 1. The summed E-state index contributed by atoms with van der Waals surface area (Å²) in [7, 11) is 0. The predicted molar refractivity (Wildman–Crippen MR) is 115 cm³/mol. The van der Waals surface area contributed by atoms with Crippen LogP contribution in [0, 0.1) is 13.8 Å². The number of hydrogen-bond acceptors (Lipinski definition) is 3. The van der Waals surface area contributed by atoms with Crippen LogP contribution in [0.15, 0.2) is 42.5 Å². The van der Waals surface area contributed by atoms with Crippen LogP contribution < -0.4 is 9.47 Å². The van der Waals surface area contributed by atoms with Gasteiger partial charge in [-0.15, -0.1) is 0 Å². The van der Waals surface area contributed by atoms with Gasteiger partial charge in [-0.2, -0.15) is 0 Å². The number of carbonyl (C=O) groups excluding carboxylic acids is 1. The highest BCUT2D eigenvalue weighted by atomic mass is 16.5. The average Bonchev–Trinajstić information content (AvgIpc) is 3.03. The summed E-state index contributed by atoms with van der Waals surface area (Å²) in [5.41, 5.74) is 4.18. The van der Waals surface area contributed by atoms with Gasteiger partial charge in [0.1, 0.15) is 6.10 Å². The van der Waals surface area contributed by atoms with Gasteiger partial charge in [-0.05, 0) is 56.7 Å². The van der Waals surface area contributed by atoms with Crippen molar-refractivity contribution in [2.45, 2.75) is 39.7 Å². The molecule has 2 aromatic carbocycles. The summed E-state index contributed by atoms with van der Waals surface area (Å²) in [5, 5.41) is 1.12. The first-order valence-electron chi connectivity index (χ1n) is 10.3. The molecule has 0 saturated carbocycles. The van der Waals surface area contributed by atoms with Crippen molar-refractivity contribution < 1.29 is 14.3 Å². The molecule has 1 fully saturated rings. The highest BCUT2D eigenvalue weighted by Gasteiger charge is 2.25. The topological polar surface area (TPSA) is 54.6 Å². The molecule has 0 spiro atoms. The first kappa shape index (κ1) is 19.4. The summed E-state index contributed by atoms with van der Waals surface area (Å²) in [6.07, 6.45) is 1.73. The number of benzene rings is 2. The van der Waals surface area contributed by atoms with Crippen molar-refractivity contribution in [1.29, 1.82) is 0 Å². The average molecular weight is 392 g/mol. The molecule has 5 nitrogen and oxygen atoms in total. The molecule has 0 aliphatic carbocycles. The molecule has 4 rings (SSSR count). The van der Waals surface area contributed by atoms with Gasteiger partial charge in [0.25, 0.3) is 5.91 Å². The number of nitrogens with one attached hydrogen (secondary N) is 1. The van der Waals surface area contributed by atoms with Crippen molar-refractivity contribution in [2.24, 2.45) is 0 Å². The Morgan fingerprint density at radius 2 is 1.83 bits per heavy atom. The van der Waals surface area contributed by atoms with E-state index in [1.165, 1.54) is 5.56 Å². The molecule has 1 N–H and O–H groups in total. The number of aromatic nitrogens is 1. The van der Waals surface area contributed by atoms with Crippen molar-refractivity contribution in [3.63, 3.8) is 0 Å². The number of H-pyrrole nitrogens is 1. The largest absolute Gasteiger partial charge is 0.490 e. The minimum atomic E-state index is 0.0951. The molecule has 1 amide bonds. The van der Waals surface area contributed by atoms with E-state index in [-0.39, 0.29) is 12.0 Å². The fourth-order valence-electron chi connectivity index (χ4n) is 3.96. The quantitative estimate of drug-likeness (QED) is 0.674. The molecule has 0 atom stereocenters. The lowest BCUT2D eigenvalue weighted by molar-refractivity contribution is 0.0589. The summed E-state index contributed by atoms with van der Waals surface area (Å²) in [5.74, 6) is 1.65. The van der Waals surface area contributed by atoms with Crippen LogP contribution >= 0.6 is 0 Å². The Morgan fingerprint density at radius 1 is 1.10 bits per heavy atom. The molecule has 152 valence electrons. The standard InChI is InChI=1S/C24H28N2O3/c1-4-28-22-7-5-6-8-23(22)29-19-11-13-26(14-12-19)24(27)18-9-10-21-20(15-18)16(2)17(3)25-21/h5-10,15,19,25H,4,11-14H2,1-3H3. The Morgan fingerprint density at radius 3 is 2.55 bits per heavy atom. The number of ether oxygens (including phenoxy) is 2. The van der Waals surface area contributed by atoms with Gasteiger partial charge in [-0.3, -0.25) is 4.79 Å². The zero-order chi connectivity index (χ0) is 20.4. The molecule has 29 heavy (non-hydrogen) atoms. The van der Waals surface area contributed by atoms with Crippen molar-refractivity contribution in [3.05, 3.63) is 59.3 Å². The van der Waals surface area contributed by atoms with Crippen molar-refractivity contribution >= 4 is 16.8 Å². The summed E-state index contributed by atoms with van der Waals surface area (Å²) < 4.78 is 11.8. The van der Waals surface area contributed by atoms with Gasteiger partial charge in [0, 0.05) is 48.1 Å². The molecule has 0 unspecified atom stereocenters. The lowest BCUT2D eigenvalue weighted by Gasteiger charge is -2.32. The number of carbonyl (C=O) groups is 1. The van der Waals surface area contributed by atoms with E-state index in [0.717, 1.165) is 46.5 Å². The Balaban J connectivity index is 1.41. The molecule has 1 saturated heterocycles. The van der Waals surface area contributed by atoms with E-state index >= 15 is 0 Å². The van der Waals surface area contributed by atoms with E-state index < -0.39 is 0 Å². The van der Waals surface area contributed by atoms with E-state index in [1.807, 2.05) is 54.3 Å². The number of aromatic amines is 1. The normalized spacial score (nSPS) is 14.9. The van der Waals surface area contributed by atoms with Gasteiger partial charge in [-0.1, -0.05) is 12.1 Å². The Bertz CT molecular complexity index is 1020. The van der Waals surface area contributed by atoms with Crippen LogP contribution in [0.1, 0.15) is 41.4 Å². The predicted octanol–water partition coefficient (Wildman–Crippen LogP) is 4.87. The van der Waals surface area contributed by atoms with Crippen LogP contribution in [0.2, 0.25) is 0 Å². The van der Waals surface area contributed by atoms with Crippen LogP contribution in [0.25, 0.3) is 10.9 Å². The molecule has 1 aromatic heterocycles. The summed E-state index contributed by atoms with van der Waals surface area (Å²) in [6.45, 7) is 8.12. The molecule has 2 heterocycles. The first-order chi connectivity index (χ1) is 14.1.